The maximum absolute atomic E-state index is 14.3. The van der Waals surface area contributed by atoms with Crippen LogP contribution >= 0.6 is 0 Å². The fourth-order valence-corrected chi connectivity index (χ4v) is 8.30. The van der Waals surface area contributed by atoms with Crippen LogP contribution in [-0.2, 0) is 19.7 Å². The molecule has 0 saturated heterocycles. The number of rotatable bonds is 4. The van der Waals surface area contributed by atoms with Crippen LogP contribution in [0.4, 0.5) is 35.1 Å². The van der Waals surface area contributed by atoms with Crippen LogP contribution in [0.2, 0.25) is 0 Å². The summed E-state index contributed by atoms with van der Waals surface area (Å²) >= 11 is 0. The summed E-state index contributed by atoms with van der Waals surface area (Å²) < 4.78 is 156. The number of halogens is 8. The van der Waals surface area contributed by atoms with E-state index < -0.39 is 71.4 Å². The topological polar surface area (TPSA) is 68.3 Å². The van der Waals surface area contributed by atoms with Crippen LogP contribution in [0.5, 0.6) is 0 Å². The van der Waals surface area contributed by atoms with Crippen LogP contribution in [-0.4, -0.2) is 58.5 Å². The number of benzene rings is 2. The Morgan fingerprint density at radius 2 is 1.16 bits per heavy atom. The molecule has 0 radical (unpaired) electrons. The first kappa shape index (κ1) is 24.7. The number of sulfone groups is 2. The first-order valence-corrected chi connectivity index (χ1v) is 12.0. The third-order valence-electron chi connectivity index (χ3n) is 5.17. The van der Waals surface area contributed by atoms with Gasteiger partial charge < -0.3 is 0 Å². The molecule has 1 aliphatic carbocycles. The summed E-state index contributed by atoms with van der Waals surface area (Å²) in [6, 6.07) is 8.14. The second-order valence-electron chi connectivity index (χ2n) is 7.21. The van der Waals surface area contributed by atoms with Crippen LogP contribution in [0.15, 0.2) is 42.5 Å². The molecule has 0 aromatic heterocycles. The van der Waals surface area contributed by atoms with Gasteiger partial charge in [-0.15, -0.1) is 0 Å². The molecule has 14 heteroatoms. The molecule has 1 aliphatic rings. The number of alkyl halides is 8. The van der Waals surface area contributed by atoms with Crippen molar-refractivity contribution in [1.29, 1.82) is 0 Å². The molecule has 32 heavy (non-hydrogen) atoms. The van der Waals surface area contributed by atoms with E-state index in [1.54, 1.807) is 0 Å². The molecule has 1 saturated carbocycles. The van der Waals surface area contributed by atoms with Crippen molar-refractivity contribution < 1.29 is 52.0 Å². The lowest BCUT2D eigenvalue weighted by molar-refractivity contribution is -0.0484. The molecule has 5 atom stereocenters. The van der Waals surface area contributed by atoms with Crippen molar-refractivity contribution in [3.8, 4) is 0 Å². The fourth-order valence-electron chi connectivity index (χ4n) is 3.59. The molecule has 0 aliphatic heterocycles. The van der Waals surface area contributed by atoms with Gasteiger partial charge in [-0.25, -0.2) is 38.8 Å². The van der Waals surface area contributed by atoms with Crippen molar-refractivity contribution >= 4 is 30.4 Å². The molecule has 0 spiro atoms. The molecule has 0 amide bonds. The summed E-state index contributed by atoms with van der Waals surface area (Å²) in [4.78, 5) is 0. The van der Waals surface area contributed by atoms with E-state index in [2.05, 4.69) is 0 Å². The highest BCUT2D eigenvalue weighted by molar-refractivity contribution is 8.09. The molecular weight excluding hydrogens is 496 g/mol. The normalized spacial score (nSPS) is 30.9. The molecule has 1 fully saturated rings. The van der Waals surface area contributed by atoms with Crippen LogP contribution in [0.25, 0.3) is 10.8 Å². The Balaban J connectivity index is 2.27. The number of fused-ring (bicyclic) bond motifs is 1. The Kier molecular flexibility index (Phi) is 6.26. The molecule has 0 N–H and O–H groups in total. The van der Waals surface area contributed by atoms with Gasteiger partial charge in [0.2, 0.25) is 0 Å². The highest BCUT2D eigenvalue weighted by Gasteiger charge is 2.64. The first-order chi connectivity index (χ1) is 14.6. The predicted octanol–water partition coefficient (Wildman–Crippen LogP) is 4.26. The van der Waals surface area contributed by atoms with Gasteiger partial charge in [-0.3, -0.25) is 0 Å². The number of hydrogen-bond donors (Lipinski definition) is 0. The third-order valence-corrected chi connectivity index (χ3v) is 10.4. The van der Waals surface area contributed by atoms with Gasteiger partial charge in [0, 0.05) is 0 Å². The molecule has 0 heterocycles. The van der Waals surface area contributed by atoms with Gasteiger partial charge in [0.1, 0.15) is 5.25 Å². The predicted molar refractivity (Wildman–Crippen MR) is 98.9 cm³/mol. The highest BCUT2D eigenvalue weighted by Crippen LogP contribution is 2.46. The second-order valence-corrected chi connectivity index (χ2v) is 11.7. The van der Waals surface area contributed by atoms with Crippen molar-refractivity contribution in [2.75, 3.05) is 0 Å². The zero-order valence-electron chi connectivity index (χ0n) is 15.6. The van der Waals surface area contributed by atoms with Gasteiger partial charge in [-0.1, -0.05) is 36.4 Å². The smallest absolute Gasteiger partial charge is 0.243 e. The standard InChI is InChI=1S/C18H14F8O4S2/c19-11-12(20)14(22)16(15(23)13(11)21)31(27,28)17(32(29,30)18(24,25)26)10-6-5-8-3-1-2-4-9(8)7-10/h1-7,11-17H. The molecule has 0 bridgehead atoms. The van der Waals surface area contributed by atoms with Crippen LogP contribution in [0.1, 0.15) is 10.1 Å². The zero-order valence-corrected chi connectivity index (χ0v) is 17.2. The van der Waals surface area contributed by atoms with Gasteiger partial charge >= 0.3 is 5.51 Å². The van der Waals surface area contributed by atoms with Crippen molar-refractivity contribution in [2.45, 2.75) is 46.2 Å². The minimum atomic E-state index is -6.72. The van der Waals surface area contributed by atoms with E-state index >= 15 is 0 Å². The van der Waals surface area contributed by atoms with Gasteiger partial charge in [-0.2, -0.15) is 13.2 Å². The zero-order chi connectivity index (χ0) is 24.2. The van der Waals surface area contributed by atoms with E-state index in [9.17, 15) is 52.0 Å². The second kappa shape index (κ2) is 8.12. The molecule has 4 nitrogen and oxygen atoms in total. The molecular formula is C18H14F8O4S2. The average molecular weight is 510 g/mol. The van der Waals surface area contributed by atoms with Crippen LogP contribution < -0.4 is 0 Å². The van der Waals surface area contributed by atoms with E-state index in [-0.39, 0.29) is 5.39 Å². The summed E-state index contributed by atoms with van der Waals surface area (Å²) in [6.45, 7) is 0. The van der Waals surface area contributed by atoms with Crippen LogP contribution in [0, 0.1) is 0 Å². The van der Waals surface area contributed by atoms with E-state index in [4.69, 9.17) is 0 Å². The Labute approximate surface area is 177 Å². The number of hydrogen-bond acceptors (Lipinski definition) is 4. The van der Waals surface area contributed by atoms with Gasteiger partial charge in [-0.05, 0) is 22.4 Å². The quantitative estimate of drug-likeness (QED) is 0.577. The van der Waals surface area contributed by atoms with E-state index in [0.29, 0.717) is 11.5 Å². The van der Waals surface area contributed by atoms with E-state index in [1.165, 1.54) is 24.3 Å². The Morgan fingerprint density at radius 1 is 0.688 bits per heavy atom. The molecule has 2 aromatic carbocycles. The van der Waals surface area contributed by atoms with Crippen molar-refractivity contribution in [3.63, 3.8) is 0 Å². The Hall–Kier alpha value is -1.96. The van der Waals surface area contributed by atoms with Crippen molar-refractivity contribution in [3.05, 3.63) is 48.0 Å². The molecule has 2 aromatic rings. The van der Waals surface area contributed by atoms with Gasteiger partial charge in [0.05, 0.1) is 0 Å². The Bertz CT molecular complexity index is 1200. The summed E-state index contributed by atoms with van der Waals surface area (Å²) in [5.41, 5.74) is -7.26. The fraction of sp³-hybridized carbons (Fsp3) is 0.444. The van der Waals surface area contributed by atoms with E-state index in [1.807, 2.05) is 0 Å². The van der Waals surface area contributed by atoms with E-state index in [0.717, 1.165) is 12.1 Å². The van der Waals surface area contributed by atoms with Gasteiger partial charge in [0.25, 0.3) is 9.84 Å². The van der Waals surface area contributed by atoms with Crippen LogP contribution in [0.3, 0.4) is 0 Å². The lowest BCUT2D eigenvalue weighted by Crippen LogP contribution is -2.60. The van der Waals surface area contributed by atoms with Crippen molar-refractivity contribution in [1.82, 2.24) is 0 Å². The lowest BCUT2D eigenvalue weighted by atomic mass is 9.91. The lowest BCUT2D eigenvalue weighted by Gasteiger charge is -2.37. The summed E-state index contributed by atoms with van der Waals surface area (Å²) in [5, 5.41) is -3.10. The highest BCUT2D eigenvalue weighted by atomic mass is 32.3. The average Bonchev–Trinajstić information content (AvgIpc) is 2.69. The first-order valence-electron chi connectivity index (χ1n) is 8.84. The summed E-state index contributed by atoms with van der Waals surface area (Å²) in [7, 11) is -12.9. The molecule has 178 valence electrons. The minimum absolute atomic E-state index is 0.0790. The largest absolute Gasteiger partial charge is 0.499 e. The third kappa shape index (κ3) is 3.84. The monoisotopic (exact) mass is 510 g/mol. The molecule has 3 rings (SSSR count). The Morgan fingerprint density at radius 3 is 1.66 bits per heavy atom. The summed E-state index contributed by atoms with van der Waals surface area (Å²) in [6.07, 6.45) is -17.8. The summed E-state index contributed by atoms with van der Waals surface area (Å²) in [5.74, 6) is 0. The minimum Gasteiger partial charge on any atom is -0.243 e. The SMILES string of the molecule is O=S(=O)(C1C(F)C(F)C(F)C(F)C1F)C(c1ccc2ccccc2c1)S(=O)(=O)C(F)(F)F. The maximum atomic E-state index is 14.3. The van der Waals surface area contributed by atoms with Crippen molar-refractivity contribution in [2.24, 2.45) is 0 Å². The van der Waals surface area contributed by atoms with Gasteiger partial charge in [0.15, 0.2) is 45.3 Å². The molecule has 5 unspecified atom stereocenters. The maximum Gasteiger partial charge on any atom is 0.499 e.